The smallest absolute Gasteiger partial charge is 0.469 e. The molecule has 0 aliphatic rings. The summed E-state index contributed by atoms with van der Waals surface area (Å²) in [6.07, 6.45) is 0. The summed E-state index contributed by atoms with van der Waals surface area (Å²) in [7, 11) is 1.35. The van der Waals surface area contributed by atoms with Gasteiger partial charge in [0.15, 0.2) is 0 Å². The predicted molar refractivity (Wildman–Crippen MR) is 61.7 cm³/mol. The predicted octanol–water partition coefficient (Wildman–Crippen LogP) is 3.07. The van der Waals surface area contributed by atoms with E-state index >= 15 is 0 Å². The molecule has 0 aromatic heterocycles. The minimum atomic E-state index is -0.245. The molecule has 0 fully saturated rings. The summed E-state index contributed by atoms with van der Waals surface area (Å²) in [4.78, 5) is 9.59. The van der Waals surface area contributed by atoms with Crippen molar-refractivity contribution < 1.29 is 30.6 Å². The third-order valence-corrected chi connectivity index (χ3v) is 1.23. The quantitative estimate of drug-likeness (QED) is 0.511. The zero-order valence-electron chi connectivity index (χ0n) is 10.1. The van der Waals surface area contributed by atoms with Crippen LogP contribution in [-0.4, -0.2) is 13.1 Å². The first kappa shape index (κ1) is 23.9. The molecule has 2 nitrogen and oxygen atoms in total. The van der Waals surface area contributed by atoms with Gasteiger partial charge in [0.05, 0.1) is 7.11 Å². The second kappa shape index (κ2) is 15.8. The molecule has 3 heteroatoms. The summed E-state index contributed by atoms with van der Waals surface area (Å²) >= 11 is 0. The van der Waals surface area contributed by atoms with Crippen LogP contribution >= 0.6 is 0 Å². The summed E-state index contributed by atoms with van der Waals surface area (Å²) in [5.41, 5.74) is 1.32. The van der Waals surface area contributed by atoms with Crippen LogP contribution in [0.1, 0.15) is 12.5 Å². The number of rotatable bonds is 0. The van der Waals surface area contributed by atoms with Gasteiger partial charge in [-0.1, -0.05) is 35.9 Å². The van der Waals surface area contributed by atoms with E-state index in [-0.39, 0.29) is 41.9 Å². The maximum Gasteiger partial charge on any atom is 2.00 e. The molecule has 0 unspecified atom stereocenters. The zero-order chi connectivity index (χ0) is 9.40. The Labute approximate surface area is 108 Å². The fraction of sp³-hybridized carbons (Fsp3) is 0.250. The Morgan fingerprint density at radius 2 is 1.47 bits per heavy atom. The summed E-state index contributed by atoms with van der Waals surface area (Å²) in [6.45, 7) is 3.44. The van der Waals surface area contributed by atoms with Crippen molar-refractivity contribution in [3.8, 4) is 0 Å². The third kappa shape index (κ3) is 19.7. The maximum atomic E-state index is 9.59. The second-order valence-electron chi connectivity index (χ2n) is 2.35. The molecular weight excluding hydrogens is 360 g/mol. The van der Waals surface area contributed by atoms with Gasteiger partial charge < -0.3 is 19.6 Å². The van der Waals surface area contributed by atoms with Gasteiger partial charge in [0, 0.05) is 6.92 Å². The van der Waals surface area contributed by atoms with E-state index in [0.717, 1.165) is 0 Å². The van der Waals surface area contributed by atoms with Gasteiger partial charge >= 0.3 is 27.0 Å². The Morgan fingerprint density at radius 1 is 1.13 bits per heavy atom. The van der Waals surface area contributed by atoms with Gasteiger partial charge in [-0.05, 0) is 6.92 Å². The Balaban J connectivity index is -0.0000000701. The average molecular weight is 380 g/mol. The number of carbonyl (C=O) groups is 1. The Kier molecular flexibility index (Phi) is 25.2. The molecule has 0 spiro atoms. The first-order valence-corrected chi connectivity index (χ1v) is 3.73. The van der Waals surface area contributed by atoms with Gasteiger partial charge in [-0.2, -0.15) is 0 Å². The van der Waals surface area contributed by atoms with E-state index in [1.54, 1.807) is 0 Å². The molecule has 0 amide bonds. The van der Waals surface area contributed by atoms with Crippen LogP contribution in [0.2, 0.25) is 0 Å². The van der Waals surface area contributed by atoms with Crippen molar-refractivity contribution in [1.82, 2.24) is 0 Å². The van der Waals surface area contributed by atoms with Gasteiger partial charge in [0.2, 0.25) is 0 Å². The van der Waals surface area contributed by atoms with Crippen LogP contribution in [0.3, 0.4) is 0 Å². The summed E-state index contributed by atoms with van der Waals surface area (Å²) < 4.78 is 4.11. The van der Waals surface area contributed by atoms with Gasteiger partial charge in [0.25, 0.3) is 0 Å². The molecule has 0 heterocycles. The number of ether oxygens (including phenoxy) is 1. The fourth-order valence-corrected chi connectivity index (χ4v) is 0.534. The Morgan fingerprint density at radius 3 is 1.60 bits per heavy atom. The molecule has 0 saturated carbocycles. The van der Waals surface area contributed by atoms with Crippen molar-refractivity contribution in [2.45, 2.75) is 13.8 Å². The van der Waals surface area contributed by atoms with E-state index in [2.05, 4.69) is 23.8 Å². The van der Waals surface area contributed by atoms with Gasteiger partial charge in [-0.3, -0.25) is 4.79 Å². The second-order valence-corrected chi connectivity index (χ2v) is 2.35. The molecule has 15 heavy (non-hydrogen) atoms. The van der Waals surface area contributed by atoms with Crippen LogP contribution in [0.4, 0.5) is 0 Å². The van der Waals surface area contributed by atoms with Gasteiger partial charge in [0.1, 0.15) is 0 Å². The molecule has 1 aromatic carbocycles. The van der Waals surface area contributed by atoms with Crippen molar-refractivity contribution in [2.75, 3.05) is 7.11 Å². The maximum absolute atomic E-state index is 9.59. The molecule has 0 N–H and O–H groups in total. The van der Waals surface area contributed by atoms with E-state index in [9.17, 15) is 4.79 Å². The number of esters is 1. The fourth-order valence-electron chi connectivity index (χ4n) is 0.534. The van der Waals surface area contributed by atoms with Crippen molar-refractivity contribution in [1.29, 1.82) is 0 Å². The van der Waals surface area contributed by atoms with Crippen LogP contribution in [-0.2, 0) is 30.6 Å². The van der Waals surface area contributed by atoms with Crippen molar-refractivity contribution in [3.05, 3.63) is 50.7 Å². The topological polar surface area (TPSA) is 26.3 Å². The first-order valence-electron chi connectivity index (χ1n) is 3.73. The van der Waals surface area contributed by atoms with Crippen LogP contribution in [0.5, 0.6) is 0 Å². The Bertz CT molecular complexity index is 222. The van der Waals surface area contributed by atoms with Crippen LogP contribution in [0.25, 0.3) is 0 Å². The summed E-state index contributed by atoms with van der Waals surface area (Å²) in [6, 6.07) is 10.3. The molecule has 86 valence electrons. The third-order valence-electron chi connectivity index (χ3n) is 1.23. The minimum Gasteiger partial charge on any atom is -0.469 e. The molecule has 0 radical (unpaired) electrons. The van der Waals surface area contributed by atoms with E-state index in [1.807, 2.05) is 18.2 Å². The number of hydrogen-bond donors (Lipinski definition) is 0. The number of hydrogen-bond acceptors (Lipinski definition) is 2. The molecule has 0 saturated heterocycles. The van der Waals surface area contributed by atoms with Gasteiger partial charge in [-0.25, -0.2) is 0 Å². The van der Waals surface area contributed by atoms with Crippen molar-refractivity contribution in [2.24, 2.45) is 0 Å². The molecule has 1 aromatic rings. The Hall–Kier alpha value is -0.622. The number of aryl methyl sites for hydroxylation is 1. The number of benzene rings is 1. The first-order chi connectivity index (χ1) is 5.66. The van der Waals surface area contributed by atoms with E-state index in [0.29, 0.717) is 0 Å². The SMILES string of the molecule is COC(C)=O.Cc1ccccc1.[CH3-].[CH3-].[W+2]. The zero-order valence-corrected chi connectivity index (χ0v) is 13.0. The molecule has 0 aliphatic heterocycles. The normalized spacial score (nSPS) is 6.33. The molecule has 0 bridgehead atoms. The van der Waals surface area contributed by atoms with Crippen LogP contribution < -0.4 is 0 Å². The van der Waals surface area contributed by atoms with Crippen LogP contribution in [0, 0.1) is 21.8 Å². The number of methoxy groups -OCH3 is 1. The van der Waals surface area contributed by atoms with E-state index in [4.69, 9.17) is 0 Å². The molecule has 1 rings (SSSR count). The standard InChI is InChI=1S/C7H8.C3H6O2.2CH3.W/c1-7-5-3-2-4-6-7;1-3(4)5-2;;;/h2-6H,1H3;1-2H3;2*1H3;/q;;2*-1;+2. The molecule has 0 atom stereocenters. The van der Waals surface area contributed by atoms with E-state index in [1.165, 1.54) is 19.6 Å². The molecular formula is C12H20O2W. The van der Waals surface area contributed by atoms with Crippen molar-refractivity contribution in [3.63, 3.8) is 0 Å². The minimum absolute atomic E-state index is 0. The number of carbonyl (C=O) groups excluding carboxylic acids is 1. The largest absolute Gasteiger partial charge is 2.00 e. The van der Waals surface area contributed by atoms with E-state index < -0.39 is 0 Å². The van der Waals surface area contributed by atoms with Crippen LogP contribution in [0.15, 0.2) is 30.3 Å². The van der Waals surface area contributed by atoms with Gasteiger partial charge in [-0.15, -0.1) is 0 Å². The summed E-state index contributed by atoms with van der Waals surface area (Å²) in [5.74, 6) is -0.245. The van der Waals surface area contributed by atoms with Crippen molar-refractivity contribution >= 4 is 5.97 Å². The monoisotopic (exact) mass is 380 g/mol. The molecule has 0 aliphatic carbocycles. The summed E-state index contributed by atoms with van der Waals surface area (Å²) in [5, 5.41) is 0. The average Bonchev–Trinajstić information content (AvgIpc) is 2.07.